The molecule has 29 heavy (non-hydrogen) atoms. The van der Waals surface area contributed by atoms with E-state index in [1.165, 1.54) is 42.5 Å². The number of alkyl halides is 3. The topological polar surface area (TPSA) is 61.8 Å². The highest BCUT2D eigenvalue weighted by Crippen LogP contribution is 2.26. The van der Waals surface area contributed by atoms with Crippen molar-refractivity contribution in [3.63, 3.8) is 0 Å². The SMILES string of the molecule is O=C(OC(=O)C1CCCC1)c1ccc(OCc2cccc(OC(F)(F)F)c2)cc1. The summed E-state index contributed by atoms with van der Waals surface area (Å²) in [5.41, 5.74) is 0.696. The molecule has 0 spiro atoms. The summed E-state index contributed by atoms with van der Waals surface area (Å²) in [7, 11) is 0. The number of halogens is 3. The summed E-state index contributed by atoms with van der Waals surface area (Å²) in [4.78, 5) is 24.0. The van der Waals surface area contributed by atoms with Gasteiger partial charge in [0.2, 0.25) is 0 Å². The monoisotopic (exact) mass is 408 g/mol. The number of esters is 2. The molecule has 0 atom stereocenters. The zero-order valence-corrected chi connectivity index (χ0v) is 15.4. The van der Waals surface area contributed by atoms with Crippen LogP contribution in [0.3, 0.4) is 0 Å². The number of benzene rings is 2. The van der Waals surface area contributed by atoms with Gasteiger partial charge in [0, 0.05) is 0 Å². The molecule has 2 aromatic carbocycles. The van der Waals surface area contributed by atoms with Gasteiger partial charge >= 0.3 is 18.3 Å². The van der Waals surface area contributed by atoms with E-state index in [2.05, 4.69) is 4.74 Å². The van der Waals surface area contributed by atoms with Gasteiger partial charge in [-0.05, 0) is 54.8 Å². The normalized spacial score (nSPS) is 14.4. The molecule has 0 amide bonds. The van der Waals surface area contributed by atoms with E-state index in [-0.39, 0.29) is 23.8 Å². The quantitative estimate of drug-likeness (QED) is 0.495. The highest BCUT2D eigenvalue weighted by molar-refractivity contribution is 5.97. The molecule has 8 heteroatoms. The molecule has 3 rings (SSSR count). The van der Waals surface area contributed by atoms with Crippen LogP contribution in [0.4, 0.5) is 13.2 Å². The van der Waals surface area contributed by atoms with Crippen LogP contribution in [0, 0.1) is 5.92 Å². The van der Waals surface area contributed by atoms with Crippen LogP contribution < -0.4 is 9.47 Å². The third-order valence-corrected chi connectivity index (χ3v) is 4.51. The van der Waals surface area contributed by atoms with Crippen LogP contribution in [0.25, 0.3) is 0 Å². The number of hydrogen-bond donors (Lipinski definition) is 0. The molecule has 0 radical (unpaired) electrons. The summed E-state index contributed by atoms with van der Waals surface area (Å²) in [5, 5.41) is 0. The molecule has 1 saturated carbocycles. The second-order valence-corrected chi connectivity index (χ2v) is 6.70. The third kappa shape index (κ3) is 6.23. The minimum absolute atomic E-state index is 0.0129. The molecule has 0 saturated heterocycles. The van der Waals surface area contributed by atoms with E-state index in [0.717, 1.165) is 25.7 Å². The molecule has 0 bridgehead atoms. The summed E-state index contributed by atoms with van der Waals surface area (Å²) >= 11 is 0. The Balaban J connectivity index is 1.53. The lowest BCUT2D eigenvalue weighted by Gasteiger charge is -2.11. The number of carbonyl (C=O) groups excluding carboxylic acids is 2. The van der Waals surface area contributed by atoms with Crippen LogP contribution in [0.1, 0.15) is 41.6 Å². The van der Waals surface area contributed by atoms with Crippen molar-refractivity contribution >= 4 is 11.9 Å². The molecule has 5 nitrogen and oxygen atoms in total. The smallest absolute Gasteiger partial charge is 0.489 e. The number of hydrogen-bond acceptors (Lipinski definition) is 5. The van der Waals surface area contributed by atoms with E-state index in [9.17, 15) is 22.8 Å². The van der Waals surface area contributed by atoms with Gasteiger partial charge in [-0.1, -0.05) is 25.0 Å². The van der Waals surface area contributed by atoms with Crippen molar-refractivity contribution in [1.82, 2.24) is 0 Å². The van der Waals surface area contributed by atoms with Crippen molar-refractivity contribution in [2.24, 2.45) is 5.92 Å². The first-order valence-corrected chi connectivity index (χ1v) is 9.14. The van der Waals surface area contributed by atoms with Gasteiger partial charge in [-0.3, -0.25) is 4.79 Å². The summed E-state index contributed by atoms with van der Waals surface area (Å²) < 4.78 is 51.2. The van der Waals surface area contributed by atoms with Crippen molar-refractivity contribution < 1.29 is 37.0 Å². The summed E-state index contributed by atoms with van der Waals surface area (Å²) in [6.07, 6.45) is -1.35. The fraction of sp³-hybridized carbons (Fsp3) is 0.333. The molecule has 1 fully saturated rings. The first-order valence-electron chi connectivity index (χ1n) is 9.14. The van der Waals surface area contributed by atoms with Gasteiger partial charge in [0.05, 0.1) is 11.5 Å². The molecule has 0 aliphatic heterocycles. The Labute approximate surface area is 165 Å². The predicted molar refractivity (Wildman–Crippen MR) is 96.3 cm³/mol. The molecule has 0 heterocycles. The minimum atomic E-state index is -4.76. The first kappa shape index (κ1) is 20.7. The standard InChI is InChI=1S/C21H19F3O5/c22-21(23,24)29-18-7-3-4-14(12-18)13-27-17-10-8-16(9-11-17)20(26)28-19(25)15-5-1-2-6-15/h3-4,7-12,15H,1-2,5-6,13H2. The number of carbonyl (C=O) groups is 2. The van der Waals surface area contributed by atoms with Gasteiger partial charge in [-0.15, -0.1) is 13.2 Å². The van der Waals surface area contributed by atoms with Crippen molar-refractivity contribution in [2.75, 3.05) is 0 Å². The maximum absolute atomic E-state index is 12.3. The van der Waals surface area contributed by atoms with Gasteiger partial charge in [0.15, 0.2) is 0 Å². The van der Waals surface area contributed by atoms with E-state index < -0.39 is 18.3 Å². The van der Waals surface area contributed by atoms with E-state index in [1.54, 1.807) is 6.07 Å². The van der Waals surface area contributed by atoms with Crippen LogP contribution in [0.5, 0.6) is 11.5 Å². The first-order chi connectivity index (χ1) is 13.8. The zero-order chi connectivity index (χ0) is 20.9. The van der Waals surface area contributed by atoms with Crippen LogP contribution in [0.2, 0.25) is 0 Å². The Morgan fingerprint density at radius 1 is 0.966 bits per heavy atom. The molecule has 0 aromatic heterocycles. The molecule has 0 N–H and O–H groups in total. The fourth-order valence-corrected chi connectivity index (χ4v) is 3.08. The molecule has 0 unspecified atom stereocenters. The highest BCUT2D eigenvalue weighted by Gasteiger charge is 2.31. The van der Waals surface area contributed by atoms with Crippen molar-refractivity contribution in [3.8, 4) is 11.5 Å². The minimum Gasteiger partial charge on any atom is -0.489 e. The molecule has 1 aliphatic carbocycles. The molecular weight excluding hydrogens is 389 g/mol. The van der Waals surface area contributed by atoms with Crippen molar-refractivity contribution in [1.29, 1.82) is 0 Å². The van der Waals surface area contributed by atoms with Gasteiger partial charge < -0.3 is 14.2 Å². The summed E-state index contributed by atoms with van der Waals surface area (Å²) in [5.74, 6) is -1.34. The lowest BCUT2D eigenvalue weighted by atomic mass is 10.1. The second kappa shape index (κ2) is 8.98. The van der Waals surface area contributed by atoms with Crippen LogP contribution >= 0.6 is 0 Å². The Morgan fingerprint density at radius 2 is 1.66 bits per heavy atom. The maximum Gasteiger partial charge on any atom is 0.573 e. The largest absolute Gasteiger partial charge is 0.573 e. The van der Waals surface area contributed by atoms with Crippen molar-refractivity contribution in [3.05, 3.63) is 59.7 Å². The third-order valence-electron chi connectivity index (χ3n) is 4.51. The van der Waals surface area contributed by atoms with Crippen LogP contribution in [-0.4, -0.2) is 18.3 Å². The average molecular weight is 408 g/mol. The average Bonchev–Trinajstić information content (AvgIpc) is 3.21. The van der Waals surface area contributed by atoms with E-state index in [4.69, 9.17) is 9.47 Å². The van der Waals surface area contributed by atoms with Crippen LogP contribution in [0.15, 0.2) is 48.5 Å². The van der Waals surface area contributed by atoms with Gasteiger partial charge in [0.1, 0.15) is 18.1 Å². The lowest BCUT2D eigenvalue weighted by molar-refractivity contribution is -0.274. The highest BCUT2D eigenvalue weighted by atomic mass is 19.4. The van der Waals surface area contributed by atoms with Gasteiger partial charge in [-0.25, -0.2) is 4.79 Å². The van der Waals surface area contributed by atoms with Gasteiger partial charge in [0.25, 0.3) is 0 Å². The van der Waals surface area contributed by atoms with E-state index in [0.29, 0.717) is 11.3 Å². The molecule has 1 aliphatic rings. The van der Waals surface area contributed by atoms with E-state index in [1.807, 2.05) is 0 Å². The molecule has 2 aromatic rings. The lowest BCUT2D eigenvalue weighted by Crippen LogP contribution is -2.19. The number of rotatable bonds is 6. The number of ether oxygens (including phenoxy) is 3. The summed E-state index contributed by atoms with van der Waals surface area (Å²) in [6, 6.07) is 11.4. The van der Waals surface area contributed by atoms with Gasteiger partial charge in [-0.2, -0.15) is 0 Å². The fourth-order valence-electron chi connectivity index (χ4n) is 3.08. The van der Waals surface area contributed by atoms with Crippen molar-refractivity contribution in [2.45, 2.75) is 38.7 Å². The van der Waals surface area contributed by atoms with Crippen LogP contribution in [-0.2, 0) is 16.1 Å². The Bertz CT molecular complexity index is 855. The Morgan fingerprint density at radius 3 is 2.31 bits per heavy atom. The molecule has 154 valence electrons. The Kier molecular flexibility index (Phi) is 6.41. The molecular formula is C21H19F3O5. The second-order valence-electron chi connectivity index (χ2n) is 6.70. The summed E-state index contributed by atoms with van der Waals surface area (Å²) in [6.45, 7) is 0.0129. The Hall–Kier alpha value is -3.03. The zero-order valence-electron chi connectivity index (χ0n) is 15.4. The maximum atomic E-state index is 12.3. The predicted octanol–water partition coefficient (Wildman–Crippen LogP) is 5.04. The van der Waals surface area contributed by atoms with E-state index >= 15 is 0 Å².